The molecular weight excluding hydrogens is 214 g/mol. The van der Waals surface area contributed by atoms with Gasteiger partial charge in [0.15, 0.2) is 0 Å². The number of carbonyl (C=O) groups is 1. The smallest absolute Gasteiger partial charge is 0.241 e. The number of halogens is 1. The van der Waals surface area contributed by atoms with Gasteiger partial charge in [-0.1, -0.05) is 6.07 Å². The SMILES string of the molecule is COc1ccc2c(c1)N(C(=O)CCl)CC2. The maximum absolute atomic E-state index is 11.5. The molecule has 0 atom stereocenters. The van der Waals surface area contributed by atoms with E-state index in [1.807, 2.05) is 18.2 Å². The zero-order valence-electron chi connectivity index (χ0n) is 8.50. The molecule has 4 heteroatoms. The van der Waals surface area contributed by atoms with Crippen LogP contribution in [0.25, 0.3) is 0 Å². The minimum absolute atomic E-state index is 0.0245. The summed E-state index contributed by atoms with van der Waals surface area (Å²) in [4.78, 5) is 13.2. The lowest BCUT2D eigenvalue weighted by Crippen LogP contribution is -2.29. The number of methoxy groups -OCH3 is 1. The lowest BCUT2D eigenvalue weighted by Gasteiger charge is -2.16. The van der Waals surface area contributed by atoms with E-state index in [2.05, 4.69) is 0 Å². The second kappa shape index (κ2) is 4.11. The third-order valence-corrected chi connectivity index (χ3v) is 2.83. The molecule has 0 aromatic heterocycles. The highest BCUT2D eigenvalue weighted by Crippen LogP contribution is 2.31. The number of nitrogens with zero attached hydrogens (tertiary/aromatic N) is 1. The maximum atomic E-state index is 11.5. The number of alkyl halides is 1. The van der Waals surface area contributed by atoms with Crippen molar-refractivity contribution in [3.8, 4) is 5.75 Å². The molecule has 0 saturated heterocycles. The van der Waals surface area contributed by atoms with E-state index in [0.29, 0.717) is 6.54 Å². The first-order chi connectivity index (χ1) is 7.26. The number of anilines is 1. The van der Waals surface area contributed by atoms with Gasteiger partial charge in [-0.2, -0.15) is 0 Å². The molecule has 1 aliphatic heterocycles. The van der Waals surface area contributed by atoms with E-state index in [9.17, 15) is 4.79 Å². The van der Waals surface area contributed by atoms with Crippen molar-refractivity contribution in [2.75, 3.05) is 24.4 Å². The highest BCUT2D eigenvalue weighted by atomic mass is 35.5. The van der Waals surface area contributed by atoms with E-state index in [-0.39, 0.29) is 11.8 Å². The van der Waals surface area contributed by atoms with Crippen molar-refractivity contribution in [3.63, 3.8) is 0 Å². The molecule has 0 spiro atoms. The van der Waals surface area contributed by atoms with Gasteiger partial charge in [-0.15, -0.1) is 11.6 Å². The Hall–Kier alpha value is -1.22. The zero-order chi connectivity index (χ0) is 10.8. The largest absolute Gasteiger partial charge is 0.497 e. The number of benzene rings is 1. The Bertz CT molecular complexity index is 392. The molecule has 0 aliphatic carbocycles. The molecule has 1 amide bonds. The Kier molecular flexibility index (Phi) is 2.82. The fraction of sp³-hybridized carbons (Fsp3) is 0.364. The first kappa shape index (κ1) is 10.3. The number of ether oxygens (including phenoxy) is 1. The second-order valence-electron chi connectivity index (χ2n) is 3.42. The predicted molar refractivity (Wildman–Crippen MR) is 59.8 cm³/mol. The molecule has 3 nitrogen and oxygen atoms in total. The van der Waals surface area contributed by atoms with Crippen molar-refractivity contribution in [2.45, 2.75) is 6.42 Å². The Morgan fingerprint density at radius 3 is 3.07 bits per heavy atom. The Balaban J connectivity index is 2.35. The van der Waals surface area contributed by atoms with Gasteiger partial charge in [0.1, 0.15) is 11.6 Å². The Morgan fingerprint density at radius 1 is 1.60 bits per heavy atom. The molecule has 0 bridgehead atoms. The van der Waals surface area contributed by atoms with Crippen LogP contribution >= 0.6 is 11.6 Å². The molecule has 0 saturated carbocycles. The van der Waals surface area contributed by atoms with Gasteiger partial charge in [0.05, 0.1) is 12.8 Å². The first-order valence-electron chi connectivity index (χ1n) is 4.79. The molecular formula is C11H12ClNO2. The molecule has 1 aromatic rings. The molecule has 0 radical (unpaired) electrons. The number of amides is 1. The summed E-state index contributed by atoms with van der Waals surface area (Å²) in [5, 5.41) is 0. The van der Waals surface area contributed by atoms with Gasteiger partial charge in [0, 0.05) is 12.6 Å². The van der Waals surface area contributed by atoms with Crippen LogP contribution in [-0.2, 0) is 11.2 Å². The molecule has 0 N–H and O–H groups in total. The second-order valence-corrected chi connectivity index (χ2v) is 3.69. The summed E-state index contributed by atoms with van der Waals surface area (Å²) in [6.45, 7) is 0.716. The van der Waals surface area contributed by atoms with Crippen molar-refractivity contribution in [1.29, 1.82) is 0 Å². The van der Waals surface area contributed by atoms with E-state index in [0.717, 1.165) is 17.9 Å². The predicted octanol–water partition coefficient (Wildman–Crippen LogP) is 1.82. The minimum Gasteiger partial charge on any atom is -0.497 e. The van der Waals surface area contributed by atoms with Crippen LogP contribution in [0.4, 0.5) is 5.69 Å². The molecule has 0 unspecified atom stereocenters. The summed E-state index contributed by atoms with van der Waals surface area (Å²) in [5.74, 6) is 0.739. The van der Waals surface area contributed by atoms with Gasteiger partial charge in [-0.05, 0) is 18.1 Å². The van der Waals surface area contributed by atoms with E-state index in [1.54, 1.807) is 12.0 Å². The summed E-state index contributed by atoms with van der Waals surface area (Å²) < 4.78 is 5.13. The fourth-order valence-electron chi connectivity index (χ4n) is 1.82. The maximum Gasteiger partial charge on any atom is 0.241 e. The number of carbonyl (C=O) groups excluding carboxylic acids is 1. The van der Waals surface area contributed by atoms with Gasteiger partial charge in [-0.3, -0.25) is 4.79 Å². The zero-order valence-corrected chi connectivity index (χ0v) is 9.25. The van der Waals surface area contributed by atoms with E-state index < -0.39 is 0 Å². The molecule has 1 heterocycles. The molecule has 1 aliphatic rings. The van der Waals surface area contributed by atoms with Crippen LogP contribution in [0.15, 0.2) is 18.2 Å². The first-order valence-corrected chi connectivity index (χ1v) is 5.33. The summed E-state index contributed by atoms with van der Waals surface area (Å²) >= 11 is 5.55. The van der Waals surface area contributed by atoms with Crippen LogP contribution in [0.5, 0.6) is 5.75 Å². The fourth-order valence-corrected chi connectivity index (χ4v) is 1.96. The minimum atomic E-state index is -0.0522. The highest BCUT2D eigenvalue weighted by molar-refractivity contribution is 6.29. The van der Waals surface area contributed by atoms with Gasteiger partial charge in [-0.25, -0.2) is 0 Å². The lowest BCUT2D eigenvalue weighted by molar-refractivity contribution is -0.116. The average Bonchev–Trinajstić information content (AvgIpc) is 2.70. The van der Waals surface area contributed by atoms with Crippen LogP contribution in [-0.4, -0.2) is 25.4 Å². The van der Waals surface area contributed by atoms with Crippen molar-refractivity contribution >= 4 is 23.2 Å². The number of rotatable bonds is 2. The molecule has 15 heavy (non-hydrogen) atoms. The third-order valence-electron chi connectivity index (χ3n) is 2.60. The van der Waals surface area contributed by atoms with Crippen molar-refractivity contribution in [3.05, 3.63) is 23.8 Å². The van der Waals surface area contributed by atoms with E-state index in [1.165, 1.54) is 5.56 Å². The van der Waals surface area contributed by atoms with Crippen molar-refractivity contribution < 1.29 is 9.53 Å². The third kappa shape index (κ3) is 1.79. The molecule has 0 fully saturated rings. The Morgan fingerprint density at radius 2 is 2.40 bits per heavy atom. The molecule has 1 aromatic carbocycles. The summed E-state index contributed by atoms with van der Waals surface area (Å²) in [6.07, 6.45) is 0.891. The van der Waals surface area contributed by atoms with Gasteiger partial charge in [0.25, 0.3) is 0 Å². The van der Waals surface area contributed by atoms with Gasteiger partial charge >= 0.3 is 0 Å². The van der Waals surface area contributed by atoms with Crippen molar-refractivity contribution in [1.82, 2.24) is 0 Å². The van der Waals surface area contributed by atoms with Crippen LogP contribution < -0.4 is 9.64 Å². The summed E-state index contributed by atoms with van der Waals surface area (Å²) in [5.41, 5.74) is 2.11. The monoisotopic (exact) mass is 225 g/mol. The van der Waals surface area contributed by atoms with E-state index >= 15 is 0 Å². The quantitative estimate of drug-likeness (QED) is 0.719. The normalized spacial score (nSPS) is 13.9. The summed E-state index contributed by atoms with van der Waals surface area (Å²) in [6, 6.07) is 5.79. The molecule has 80 valence electrons. The number of hydrogen-bond donors (Lipinski definition) is 0. The molecule has 2 rings (SSSR count). The highest BCUT2D eigenvalue weighted by Gasteiger charge is 2.24. The van der Waals surface area contributed by atoms with Crippen LogP contribution in [0.1, 0.15) is 5.56 Å². The van der Waals surface area contributed by atoms with E-state index in [4.69, 9.17) is 16.3 Å². The standard InChI is InChI=1S/C11H12ClNO2/c1-15-9-3-2-8-4-5-13(10(8)6-9)11(14)7-12/h2-3,6H,4-5,7H2,1H3. The lowest BCUT2D eigenvalue weighted by atomic mass is 10.1. The van der Waals surface area contributed by atoms with Crippen LogP contribution in [0, 0.1) is 0 Å². The van der Waals surface area contributed by atoms with Gasteiger partial charge < -0.3 is 9.64 Å². The van der Waals surface area contributed by atoms with Gasteiger partial charge in [0.2, 0.25) is 5.91 Å². The topological polar surface area (TPSA) is 29.5 Å². The van der Waals surface area contributed by atoms with Crippen LogP contribution in [0.3, 0.4) is 0 Å². The number of fused-ring (bicyclic) bond motifs is 1. The average molecular weight is 226 g/mol. The van der Waals surface area contributed by atoms with Crippen LogP contribution in [0.2, 0.25) is 0 Å². The summed E-state index contributed by atoms with van der Waals surface area (Å²) in [7, 11) is 1.62. The van der Waals surface area contributed by atoms with Crippen molar-refractivity contribution in [2.24, 2.45) is 0 Å². The Labute approximate surface area is 93.6 Å². The number of hydrogen-bond acceptors (Lipinski definition) is 2.